The minimum absolute atomic E-state index is 0.375. The van der Waals surface area contributed by atoms with E-state index in [1.165, 1.54) is 28.5 Å². The van der Waals surface area contributed by atoms with E-state index in [4.69, 9.17) is 0 Å². The summed E-state index contributed by atoms with van der Waals surface area (Å²) in [5, 5.41) is 8.14. The van der Waals surface area contributed by atoms with Gasteiger partial charge in [0.25, 0.3) is 10.0 Å². The van der Waals surface area contributed by atoms with Gasteiger partial charge in [-0.3, -0.25) is 4.99 Å². The van der Waals surface area contributed by atoms with E-state index in [9.17, 15) is 8.42 Å². The van der Waals surface area contributed by atoms with Gasteiger partial charge in [0.2, 0.25) is 0 Å². The molecule has 1 aliphatic rings. The Morgan fingerprint density at radius 1 is 1.55 bits per heavy atom. The van der Waals surface area contributed by atoms with Gasteiger partial charge >= 0.3 is 0 Å². The maximum absolute atomic E-state index is 12.2. The summed E-state index contributed by atoms with van der Waals surface area (Å²) in [4.78, 5) is 4.11. The summed E-state index contributed by atoms with van der Waals surface area (Å²) in [5.74, 6) is 0.731. The van der Waals surface area contributed by atoms with Crippen molar-refractivity contribution in [1.82, 2.24) is 14.9 Å². The van der Waals surface area contributed by atoms with Gasteiger partial charge < -0.3 is 10.6 Å². The van der Waals surface area contributed by atoms with Crippen molar-refractivity contribution < 1.29 is 8.42 Å². The standard InChI is InChI=1S/C12H20N4O2S2/c1-13-12(15-10-5-6-10)14-7-8-16(2)20(17,18)11-4-3-9-19-11/h3-4,9-10H,5-8H2,1-2H3,(H2,13,14,15). The highest BCUT2D eigenvalue weighted by molar-refractivity contribution is 7.91. The fourth-order valence-electron chi connectivity index (χ4n) is 1.63. The molecule has 1 fully saturated rings. The molecule has 0 radical (unpaired) electrons. The Morgan fingerprint density at radius 3 is 2.85 bits per heavy atom. The van der Waals surface area contributed by atoms with Crippen molar-refractivity contribution in [2.45, 2.75) is 23.1 Å². The van der Waals surface area contributed by atoms with Gasteiger partial charge in [-0.2, -0.15) is 4.31 Å². The van der Waals surface area contributed by atoms with E-state index in [0.717, 1.165) is 5.96 Å². The summed E-state index contributed by atoms with van der Waals surface area (Å²) in [6, 6.07) is 3.89. The Morgan fingerprint density at radius 2 is 2.30 bits per heavy atom. The second kappa shape index (κ2) is 6.55. The molecule has 112 valence electrons. The second-order valence-electron chi connectivity index (χ2n) is 4.68. The summed E-state index contributed by atoms with van der Waals surface area (Å²) in [6.45, 7) is 0.916. The predicted octanol–water partition coefficient (Wildman–Crippen LogP) is 0.696. The van der Waals surface area contributed by atoms with Gasteiger partial charge in [0, 0.05) is 33.2 Å². The zero-order chi connectivity index (χ0) is 14.6. The molecule has 1 aromatic heterocycles. The smallest absolute Gasteiger partial charge is 0.252 e. The van der Waals surface area contributed by atoms with Crippen LogP contribution in [0.5, 0.6) is 0 Å². The van der Waals surface area contributed by atoms with Crippen LogP contribution in [0.4, 0.5) is 0 Å². The predicted molar refractivity (Wildman–Crippen MR) is 81.7 cm³/mol. The Balaban J connectivity index is 1.81. The molecule has 8 heteroatoms. The molecule has 0 bridgehead atoms. The van der Waals surface area contributed by atoms with Crippen LogP contribution < -0.4 is 10.6 Å². The van der Waals surface area contributed by atoms with Crippen LogP contribution in [-0.2, 0) is 10.0 Å². The topological polar surface area (TPSA) is 73.8 Å². The number of hydrogen-bond donors (Lipinski definition) is 2. The van der Waals surface area contributed by atoms with Crippen molar-refractivity contribution in [3.8, 4) is 0 Å². The van der Waals surface area contributed by atoms with E-state index in [1.54, 1.807) is 31.6 Å². The Bertz CT molecular complexity index is 550. The van der Waals surface area contributed by atoms with E-state index in [1.807, 2.05) is 0 Å². The molecule has 1 heterocycles. The molecule has 0 saturated heterocycles. The van der Waals surface area contributed by atoms with Gasteiger partial charge in [-0.25, -0.2) is 8.42 Å². The molecule has 20 heavy (non-hydrogen) atoms. The Hall–Kier alpha value is -1.12. The van der Waals surface area contributed by atoms with Crippen LogP contribution in [0.1, 0.15) is 12.8 Å². The fraction of sp³-hybridized carbons (Fsp3) is 0.583. The van der Waals surface area contributed by atoms with Crippen LogP contribution in [0.2, 0.25) is 0 Å². The first-order valence-electron chi connectivity index (χ1n) is 6.51. The maximum atomic E-state index is 12.2. The molecular weight excluding hydrogens is 296 g/mol. The first-order chi connectivity index (χ1) is 9.54. The van der Waals surface area contributed by atoms with Crippen molar-refractivity contribution in [2.24, 2.45) is 4.99 Å². The number of nitrogens with zero attached hydrogens (tertiary/aromatic N) is 2. The lowest BCUT2D eigenvalue weighted by Crippen LogP contribution is -2.42. The molecule has 0 spiro atoms. The molecule has 1 aliphatic carbocycles. The SMILES string of the molecule is CN=C(NCCN(C)S(=O)(=O)c1cccs1)NC1CC1. The van der Waals surface area contributed by atoms with Gasteiger partial charge in [-0.15, -0.1) is 11.3 Å². The van der Waals surface area contributed by atoms with Crippen LogP contribution in [0.3, 0.4) is 0 Å². The highest BCUT2D eigenvalue weighted by Gasteiger charge is 2.23. The molecule has 0 aromatic carbocycles. The number of likely N-dealkylation sites (N-methyl/N-ethyl adjacent to an activating group) is 1. The average molecular weight is 316 g/mol. The number of guanidine groups is 1. The average Bonchev–Trinajstić information content (AvgIpc) is 3.06. The normalized spacial score (nSPS) is 16.4. The lowest BCUT2D eigenvalue weighted by molar-refractivity contribution is 0.471. The van der Waals surface area contributed by atoms with E-state index < -0.39 is 10.0 Å². The monoisotopic (exact) mass is 316 g/mol. The number of nitrogens with one attached hydrogen (secondary N) is 2. The van der Waals surface area contributed by atoms with Crippen molar-refractivity contribution >= 4 is 27.3 Å². The number of rotatable bonds is 6. The second-order valence-corrected chi connectivity index (χ2v) is 7.90. The third-order valence-corrected chi connectivity index (χ3v) is 6.25. The summed E-state index contributed by atoms with van der Waals surface area (Å²) in [6.07, 6.45) is 2.35. The summed E-state index contributed by atoms with van der Waals surface area (Å²) in [7, 11) is -0.0562. The van der Waals surface area contributed by atoms with Crippen molar-refractivity contribution in [3.63, 3.8) is 0 Å². The lowest BCUT2D eigenvalue weighted by Gasteiger charge is -2.17. The number of aliphatic imine (C=N–C) groups is 1. The molecule has 1 aromatic rings. The zero-order valence-electron chi connectivity index (χ0n) is 11.7. The minimum atomic E-state index is -3.36. The van der Waals surface area contributed by atoms with E-state index >= 15 is 0 Å². The van der Waals surface area contributed by atoms with Crippen LogP contribution >= 0.6 is 11.3 Å². The summed E-state index contributed by atoms with van der Waals surface area (Å²) < 4.78 is 26.1. The first kappa shape index (κ1) is 15.3. The lowest BCUT2D eigenvalue weighted by atomic mass is 10.6. The molecule has 1 saturated carbocycles. The van der Waals surface area contributed by atoms with E-state index in [2.05, 4.69) is 15.6 Å². The van der Waals surface area contributed by atoms with Crippen LogP contribution in [0.25, 0.3) is 0 Å². The van der Waals surface area contributed by atoms with Gasteiger partial charge in [0.15, 0.2) is 5.96 Å². The first-order valence-corrected chi connectivity index (χ1v) is 8.83. The van der Waals surface area contributed by atoms with Gasteiger partial charge in [0.1, 0.15) is 4.21 Å². The molecule has 0 atom stereocenters. The molecular formula is C12H20N4O2S2. The largest absolute Gasteiger partial charge is 0.355 e. The maximum Gasteiger partial charge on any atom is 0.252 e. The highest BCUT2D eigenvalue weighted by atomic mass is 32.2. The van der Waals surface area contributed by atoms with Crippen molar-refractivity contribution in [2.75, 3.05) is 27.2 Å². The fourth-order valence-corrected chi connectivity index (χ4v) is 4.00. The summed E-state index contributed by atoms with van der Waals surface area (Å²) in [5.41, 5.74) is 0. The number of sulfonamides is 1. The van der Waals surface area contributed by atoms with Crippen LogP contribution in [-0.4, -0.2) is 51.9 Å². The molecule has 2 N–H and O–H groups in total. The number of hydrogen-bond acceptors (Lipinski definition) is 4. The zero-order valence-corrected chi connectivity index (χ0v) is 13.3. The molecule has 0 aliphatic heterocycles. The van der Waals surface area contributed by atoms with Crippen molar-refractivity contribution in [3.05, 3.63) is 17.5 Å². The van der Waals surface area contributed by atoms with Gasteiger partial charge in [-0.05, 0) is 24.3 Å². The molecule has 2 rings (SSSR count). The molecule has 6 nitrogen and oxygen atoms in total. The molecule has 0 amide bonds. The molecule has 0 unspecified atom stereocenters. The number of thiophene rings is 1. The van der Waals surface area contributed by atoms with Crippen LogP contribution in [0, 0.1) is 0 Å². The quantitative estimate of drug-likeness (QED) is 0.598. The Labute approximate surface area is 124 Å². The third kappa shape index (κ3) is 3.94. The van der Waals surface area contributed by atoms with Crippen molar-refractivity contribution in [1.29, 1.82) is 0 Å². The van der Waals surface area contributed by atoms with Crippen LogP contribution in [0.15, 0.2) is 26.7 Å². The summed E-state index contributed by atoms with van der Waals surface area (Å²) >= 11 is 1.23. The van der Waals surface area contributed by atoms with E-state index in [-0.39, 0.29) is 0 Å². The Kier molecular flexibility index (Phi) is 5.00. The van der Waals surface area contributed by atoms with Gasteiger partial charge in [0.05, 0.1) is 0 Å². The van der Waals surface area contributed by atoms with E-state index in [0.29, 0.717) is 23.3 Å². The third-order valence-electron chi connectivity index (χ3n) is 3.02. The van der Waals surface area contributed by atoms with Gasteiger partial charge in [-0.1, -0.05) is 6.07 Å². The minimum Gasteiger partial charge on any atom is -0.355 e. The highest BCUT2D eigenvalue weighted by Crippen LogP contribution is 2.19.